The van der Waals surface area contributed by atoms with Crippen molar-refractivity contribution in [3.8, 4) is 0 Å². The highest BCUT2D eigenvalue weighted by Gasteiger charge is 2.36. The third kappa shape index (κ3) is 1.90. The van der Waals surface area contributed by atoms with Crippen LogP contribution in [0.15, 0.2) is 0 Å². The van der Waals surface area contributed by atoms with Crippen molar-refractivity contribution in [1.82, 2.24) is 4.90 Å². The second kappa shape index (κ2) is 4.00. The van der Waals surface area contributed by atoms with Crippen molar-refractivity contribution in [2.24, 2.45) is 5.92 Å². The predicted octanol–water partition coefficient (Wildman–Crippen LogP) is 3.05. The van der Waals surface area contributed by atoms with Gasteiger partial charge in [0, 0.05) is 18.6 Å². The van der Waals surface area contributed by atoms with Crippen LogP contribution in [-0.4, -0.2) is 23.5 Å². The van der Waals surface area contributed by atoms with Crippen LogP contribution in [0, 0.1) is 5.92 Å². The van der Waals surface area contributed by atoms with E-state index in [1.807, 2.05) is 0 Å². The molecule has 13 heavy (non-hydrogen) atoms. The fraction of sp³-hybridized carbons (Fsp3) is 1.00. The molecule has 1 nitrogen and oxygen atoms in total. The third-order valence-corrected chi connectivity index (χ3v) is 3.97. The molecule has 1 heteroatoms. The van der Waals surface area contributed by atoms with Gasteiger partial charge in [0.25, 0.3) is 0 Å². The lowest BCUT2D eigenvalue weighted by Crippen LogP contribution is -2.40. The highest BCUT2D eigenvalue weighted by Crippen LogP contribution is 2.35. The molecule has 0 aromatic heterocycles. The highest BCUT2D eigenvalue weighted by molar-refractivity contribution is 4.90. The first kappa shape index (κ1) is 9.51. The molecule has 0 saturated carbocycles. The van der Waals surface area contributed by atoms with Crippen LogP contribution < -0.4 is 0 Å². The summed E-state index contributed by atoms with van der Waals surface area (Å²) in [5.41, 5.74) is 0. The smallest absolute Gasteiger partial charge is 0.0101 e. The molecular formula is C12H23N. The van der Waals surface area contributed by atoms with Gasteiger partial charge in [-0.1, -0.05) is 19.8 Å². The second-order valence-corrected chi connectivity index (χ2v) is 5.02. The minimum atomic E-state index is 0.876. The summed E-state index contributed by atoms with van der Waals surface area (Å²) >= 11 is 0. The Kier molecular flexibility index (Phi) is 2.92. The van der Waals surface area contributed by atoms with E-state index in [2.05, 4.69) is 18.7 Å². The normalized spacial score (nSPS) is 40.6. The summed E-state index contributed by atoms with van der Waals surface area (Å²) in [6.45, 7) is 6.14. The monoisotopic (exact) mass is 181 g/mol. The minimum absolute atomic E-state index is 0.876. The van der Waals surface area contributed by atoms with Crippen molar-refractivity contribution in [1.29, 1.82) is 0 Å². The molecule has 0 aromatic carbocycles. The van der Waals surface area contributed by atoms with Gasteiger partial charge in [0.1, 0.15) is 0 Å². The Hall–Kier alpha value is -0.0400. The molecule has 0 amide bonds. The Morgan fingerprint density at radius 2 is 2.15 bits per heavy atom. The topological polar surface area (TPSA) is 3.24 Å². The van der Waals surface area contributed by atoms with Crippen LogP contribution in [0.1, 0.15) is 52.4 Å². The molecule has 2 saturated heterocycles. The maximum absolute atomic E-state index is 2.78. The van der Waals surface area contributed by atoms with Crippen molar-refractivity contribution < 1.29 is 0 Å². The summed E-state index contributed by atoms with van der Waals surface area (Å²) in [6.07, 6.45) is 8.72. The van der Waals surface area contributed by atoms with Gasteiger partial charge in [-0.15, -0.1) is 0 Å². The van der Waals surface area contributed by atoms with Crippen molar-refractivity contribution in [3.05, 3.63) is 0 Å². The molecule has 0 bridgehead atoms. The van der Waals surface area contributed by atoms with E-state index in [9.17, 15) is 0 Å². The first-order valence-electron chi connectivity index (χ1n) is 6.07. The number of nitrogens with zero attached hydrogens (tertiary/aromatic N) is 1. The number of rotatable bonds is 2. The zero-order valence-electron chi connectivity index (χ0n) is 9.13. The Labute approximate surface area is 82.5 Å². The maximum atomic E-state index is 2.78. The number of fused-ring (bicyclic) bond motifs is 1. The van der Waals surface area contributed by atoms with E-state index in [4.69, 9.17) is 0 Å². The SMILES string of the molecule is CCCC1CC2CCCC(C)N2C1. The van der Waals surface area contributed by atoms with Crippen molar-refractivity contribution >= 4 is 0 Å². The van der Waals surface area contributed by atoms with E-state index in [1.54, 1.807) is 0 Å². The molecule has 0 N–H and O–H groups in total. The third-order valence-electron chi connectivity index (χ3n) is 3.97. The van der Waals surface area contributed by atoms with Crippen LogP contribution in [0.3, 0.4) is 0 Å². The molecule has 2 fully saturated rings. The van der Waals surface area contributed by atoms with Crippen LogP contribution in [0.25, 0.3) is 0 Å². The molecule has 2 rings (SSSR count). The van der Waals surface area contributed by atoms with E-state index in [0.717, 1.165) is 18.0 Å². The molecular weight excluding hydrogens is 158 g/mol. The first-order chi connectivity index (χ1) is 6.31. The fourth-order valence-corrected chi connectivity index (χ4v) is 3.30. The predicted molar refractivity (Wildman–Crippen MR) is 56.8 cm³/mol. The first-order valence-corrected chi connectivity index (χ1v) is 6.07. The molecule has 0 aromatic rings. The minimum Gasteiger partial charge on any atom is -0.297 e. The summed E-state index contributed by atoms with van der Waals surface area (Å²) in [4.78, 5) is 2.78. The number of piperidine rings is 1. The zero-order chi connectivity index (χ0) is 9.26. The van der Waals surface area contributed by atoms with Gasteiger partial charge in [-0.2, -0.15) is 0 Å². The van der Waals surface area contributed by atoms with E-state index < -0.39 is 0 Å². The van der Waals surface area contributed by atoms with Gasteiger partial charge in [0.15, 0.2) is 0 Å². The molecule has 3 unspecified atom stereocenters. The van der Waals surface area contributed by atoms with Gasteiger partial charge in [-0.25, -0.2) is 0 Å². The van der Waals surface area contributed by atoms with Crippen LogP contribution in [0.2, 0.25) is 0 Å². The molecule has 76 valence electrons. The van der Waals surface area contributed by atoms with E-state index in [0.29, 0.717) is 0 Å². The lowest BCUT2D eigenvalue weighted by Gasteiger charge is -2.35. The number of hydrogen-bond donors (Lipinski definition) is 0. The second-order valence-electron chi connectivity index (χ2n) is 5.02. The molecule has 2 aliphatic heterocycles. The Bertz CT molecular complexity index is 167. The Morgan fingerprint density at radius 3 is 2.85 bits per heavy atom. The Morgan fingerprint density at radius 1 is 1.31 bits per heavy atom. The van der Waals surface area contributed by atoms with E-state index in [-0.39, 0.29) is 0 Å². The van der Waals surface area contributed by atoms with Crippen molar-refractivity contribution in [2.45, 2.75) is 64.5 Å². The molecule has 3 atom stereocenters. The van der Waals surface area contributed by atoms with Gasteiger partial charge in [-0.3, -0.25) is 4.90 Å². The van der Waals surface area contributed by atoms with Gasteiger partial charge in [0.2, 0.25) is 0 Å². The fourth-order valence-electron chi connectivity index (χ4n) is 3.30. The van der Waals surface area contributed by atoms with Crippen LogP contribution in [0.5, 0.6) is 0 Å². The van der Waals surface area contributed by atoms with Gasteiger partial charge in [-0.05, 0) is 38.5 Å². The summed E-state index contributed by atoms with van der Waals surface area (Å²) < 4.78 is 0. The molecule has 2 heterocycles. The molecule has 0 spiro atoms. The van der Waals surface area contributed by atoms with Crippen molar-refractivity contribution in [3.63, 3.8) is 0 Å². The van der Waals surface area contributed by atoms with Gasteiger partial charge < -0.3 is 0 Å². The summed E-state index contributed by atoms with van der Waals surface area (Å²) in [6, 6.07) is 1.83. The highest BCUT2D eigenvalue weighted by atomic mass is 15.2. The summed E-state index contributed by atoms with van der Waals surface area (Å²) in [7, 11) is 0. The maximum Gasteiger partial charge on any atom is 0.0101 e. The average Bonchev–Trinajstić information content (AvgIpc) is 2.49. The van der Waals surface area contributed by atoms with E-state index >= 15 is 0 Å². The Balaban J connectivity index is 1.92. The zero-order valence-corrected chi connectivity index (χ0v) is 9.13. The lowest BCUT2D eigenvalue weighted by atomic mass is 9.95. The van der Waals surface area contributed by atoms with Gasteiger partial charge >= 0.3 is 0 Å². The standard InChI is InChI=1S/C12H23N/c1-3-5-11-8-12-7-4-6-10(2)13(12)9-11/h10-12H,3-9H2,1-2H3. The summed E-state index contributed by atoms with van der Waals surface area (Å²) in [5.74, 6) is 1.02. The van der Waals surface area contributed by atoms with Crippen molar-refractivity contribution in [2.75, 3.05) is 6.54 Å². The molecule has 0 radical (unpaired) electrons. The largest absolute Gasteiger partial charge is 0.297 e. The molecule has 0 aliphatic carbocycles. The lowest BCUT2D eigenvalue weighted by molar-refractivity contribution is 0.133. The average molecular weight is 181 g/mol. The van der Waals surface area contributed by atoms with Crippen LogP contribution in [0.4, 0.5) is 0 Å². The molecule has 2 aliphatic rings. The van der Waals surface area contributed by atoms with Crippen LogP contribution in [-0.2, 0) is 0 Å². The quantitative estimate of drug-likeness (QED) is 0.633. The number of hydrogen-bond acceptors (Lipinski definition) is 1. The van der Waals surface area contributed by atoms with Crippen LogP contribution >= 0.6 is 0 Å². The van der Waals surface area contributed by atoms with E-state index in [1.165, 1.54) is 45.1 Å². The summed E-state index contributed by atoms with van der Waals surface area (Å²) in [5, 5.41) is 0. The van der Waals surface area contributed by atoms with Gasteiger partial charge in [0.05, 0.1) is 0 Å².